The number of aryl methyl sites for hydroxylation is 2. The van der Waals surface area contributed by atoms with Crippen molar-refractivity contribution in [3.63, 3.8) is 0 Å². The molecule has 0 radical (unpaired) electrons. The lowest BCUT2D eigenvalue weighted by Crippen LogP contribution is -2.46. The molecule has 0 unspecified atom stereocenters. The zero-order valence-corrected chi connectivity index (χ0v) is 19.4. The van der Waals surface area contributed by atoms with E-state index in [-0.39, 0.29) is 30.0 Å². The Balaban J connectivity index is 1.42. The van der Waals surface area contributed by atoms with E-state index >= 15 is 0 Å². The van der Waals surface area contributed by atoms with Gasteiger partial charge in [0.2, 0.25) is 5.95 Å². The SMILES string of the molecule is Cc1cnc(Nc2ccnn2C)nc1-c1cn2c(n1)C(=O)N(Cc1cccc(C(F)F)n1)[C@@H](C)C2. The number of pyridine rings is 1. The molecule has 0 fully saturated rings. The van der Waals surface area contributed by atoms with Crippen LogP contribution in [0.4, 0.5) is 20.5 Å². The minimum atomic E-state index is -2.67. The number of anilines is 2. The molecule has 1 N–H and O–H groups in total. The quantitative estimate of drug-likeness (QED) is 0.451. The lowest BCUT2D eigenvalue weighted by Gasteiger charge is -2.33. The molecule has 0 aliphatic carbocycles. The summed E-state index contributed by atoms with van der Waals surface area (Å²) in [6.45, 7) is 4.41. The first-order valence-electron chi connectivity index (χ1n) is 11.0. The van der Waals surface area contributed by atoms with E-state index in [1.54, 1.807) is 51.9 Å². The van der Waals surface area contributed by atoms with E-state index < -0.39 is 6.43 Å². The van der Waals surface area contributed by atoms with Crippen LogP contribution in [-0.2, 0) is 20.1 Å². The molecule has 4 aromatic heterocycles. The number of halogens is 2. The summed E-state index contributed by atoms with van der Waals surface area (Å²) in [5.41, 5.74) is 2.05. The molecule has 0 bridgehead atoms. The van der Waals surface area contributed by atoms with E-state index in [4.69, 9.17) is 0 Å². The second kappa shape index (κ2) is 8.85. The number of nitrogens with one attached hydrogen (secondary N) is 1. The van der Waals surface area contributed by atoms with Gasteiger partial charge in [0, 0.05) is 38.1 Å². The zero-order chi connectivity index (χ0) is 24.7. The number of amides is 1. The van der Waals surface area contributed by atoms with Crippen molar-refractivity contribution >= 4 is 17.7 Å². The van der Waals surface area contributed by atoms with Gasteiger partial charge in [-0.25, -0.2) is 28.7 Å². The molecular weight excluding hydrogens is 456 g/mol. The maximum absolute atomic E-state index is 13.3. The molecule has 35 heavy (non-hydrogen) atoms. The number of carbonyl (C=O) groups excluding carboxylic acids is 1. The van der Waals surface area contributed by atoms with Crippen LogP contribution in [0.5, 0.6) is 0 Å². The summed E-state index contributed by atoms with van der Waals surface area (Å²) >= 11 is 0. The molecule has 12 heteroatoms. The van der Waals surface area contributed by atoms with Crippen molar-refractivity contribution in [3.8, 4) is 11.4 Å². The summed E-state index contributed by atoms with van der Waals surface area (Å²) in [6, 6.07) is 6.06. The molecule has 10 nitrogen and oxygen atoms in total. The van der Waals surface area contributed by atoms with E-state index in [9.17, 15) is 13.6 Å². The highest BCUT2D eigenvalue weighted by molar-refractivity contribution is 5.92. The highest BCUT2D eigenvalue weighted by Crippen LogP contribution is 2.27. The first-order chi connectivity index (χ1) is 16.8. The van der Waals surface area contributed by atoms with Gasteiger partial charge in [-0.1, -0.05) is 6.07 Å². The maximum Gasteiger partial charge on any atom is 0.290 e. The number of alkyl halides is 2. The molecule has 1 aliphatic rings. The van der Waals surface area contributed by atoms with Gasteiger partial charge < -0.3 is 14.8 Å². The number of hydrogen-bond donors (Lipinski definition) is 1. The Bertz CT molecular complexity index is 1400. The van der Waals surface area contributed by atoms with Crippen molar-refractivity contribution in [1.82, 2.24) is 39.2 Å². The van der Waals surface area contributed by atoms with Gasteiger partial charge in [-0.2, -0.15) is 5.10 Å². The van der Waals surface area contributed by atoms with E-state index in [0.717, 1.165) is 11.4 Å². The van der Waals surface area contributed by atoms with Crippen LogP contribution >= 0.6 is 0 Å². The van der Waals surface area contributed by atoms with Crippen molar-refractivity contribution in [2.24, 2.45) is 7.05 Å². The third-order valence-electron chi connectivity index (χ3n) is 5.88. The molecule has 5 rings (SSSR count). The summed E-state index contributed by atoms with van der Waals surface area (Å²) < 4.78 is 29.6. The molecule has 5 heterocycles. The van der Waals surface area contributed by atoms with Crippen molar-refractivity contribution < 1.29 is 13.6 Å². The highest BCUT2D eigenvalue weighted by Gasteiger charge is 2.33. The van der Waals surface area contributed by atoms with Gasteiger partial charge in [0.1, 0.15) is 17.2 Å². The van der Waals surface area contributed by atoms with Crippen molar-refractivity contribution in [2.45, 2.75) is 39.4 Å². The number of hydrogen-bond acceptors (Lipinski definition) is 7. The Morgan fingerprint density at radius 1 is 1.20 bits per heavy atom. The number of nitrogens with zero attached hydrogens (tertiary/aromatic N) is 8. The number of imidazole rings is 1. The van der Waals surface area contributed by atoms with Gasteiger partial charge in [0.15, 0.2) is 5.82 Å². The molecule has 180 valence electrons. The number of aromatic nitrogens is 7. The average Bonchev–Trinajstić information content (AvgIpc) is 3.44. The summed E-state index contributed by atoms with van der Waals surface area (Å²) in [7, 11) is 1.80. The van der Waals surface area contributed by atoms with Crippen molar-refractivity contribution in [3.05, 3.63) is 65.6 Å². The maximum atomic E-state index is 13.3. The first kappa shape index (κ1) is 22.6. The Hall–Kier alpha value is -4.22. The van der Waals surface area contributed by atoms with Gasteiger partial charge in [-0.05, 0) is 31.5 Å². The zero-order valence-electron chi connectivity index (χ0n) is 19.4. The second-order valence-electron chi connectivity index (χ2n) is 8.43. The molecule has 1 amide bonds. The summed E-state index contributed by atoms with van der Waals surface area (Å²) in [5.74, 6) is 1.08. The van der Waals surface area contributed by atoms with Crippen LogP contribution in [0.3, 0.4) is 0 Å². The fourth-order valence-corrected chi connectivity index (χ4v) is 4.03. The van der Waals surface area contributed by atoms with E-state index in [2.05, 4.69) is 30.4 Å². The summed E-state index contributed by atoms with van der Waals surface area (Å²) in [5, 5.41) is 7.24. The minimum absolute atomic E-state index is 0.119. The Morgan fingerprint density at radius 3 is 2.77 bits per heavy atom. The van der Waals surface area contributed by atoms with Crippen LogP contribution in [0.25, 0.3) is 11.4 Å². The lowest BCUT2D eigenvalue weighted by atomic mass is 10.2. The van der Waals surface area contributed by atoms with Crippen LogP contribution < -0.4 is 5.32 Å². The lowest BCUT2D eigenvalue weighted by molar-refractivity contribution is 0.0583. The average molecular weight is 479 g/mol. The van der Waals surface area contributed by atoms with Crippen molar-refractivity contribution in [2.75, 3.05) is 5.32 Å². The largest absolute Gasteiger partial charge is 0.326 e. The van der Waals surface area contributed by atoms with Crippen LogP contribution in [0.1, 0.15) is 40.9 Å². The highest BCUT2D eigenvalue weighted by atomic mass is 19.3. The standard InChI is InChI=1S/C23H23F2N9O/c1-13-9-26-23(30-18-7-8-27-32(18)3)31-19(13)17-12-33-10-14(2)34(22(35)21(33)29-17)11-15-5-4-6-16(28-15)20(24)25/h4-9,12,14,20H,10-11H2,1-3H3,(H,26,30,31)/t14-/m0/s1. The van der Waals surface area contributed by atoms with Crippen molar-refractivity contribution in [1.29, 1.82) is 0 Å². The minimum Gasteiger partial charge on any atom is -0.326 e. The summed E-state index contributed by atoms with van der Waals surface area (Å²) in [6.07, 6.45) is 2.50. The molecule has 0 saturated carbocycles. The summed E-state index contributed by atoms with van der Waals surface area (Å²) in [4.78, 5) is 32.4. The fraction of sp³-hybridized carbons (Fsp3) is 0.304. The Morgan fingerprint density at radius 2 is 2.03 bits per heavy atom. The monoisotopic (exact) mass is 479 g/mol. The van der Waals surface area contributed by atoms with Crippen LogP contribution in [0.2, 0.25) is 0 Å². The first-order valence-corrected chi connectivity index (χ1v) is 11.0. The van der Waals surface area contributed by atoms with Crippen LogP contribution in [0, 0.1) is 6.92 Å². The molecule has 1 atom stereocenters. The predicted molar refractivity (Wildman–Crippen MR) is 123 cm³/mol. The molecule has 0 spiro atoms. The molecular formula is C23H23F2N9O. The van der Waals surface area contributed by atoms with Gasteiger partial charge in [0.25, 0.3) is 12.3 Å². The Kier molecular flexibility index (Phi) is 5.71. The molecule has 1 aliphatic heterocycles. The van der Waals surface area contributed by atoms with E-state index in [1.807, 2.05) is 13.8 Å². The molecule has 4 aromatic rings. The van der Waals surface area contributed by atoms with Gasteiger partial charge >= 0.3 is 0 Å². The third kappa shape index (κ3) is 4.34. The Labute approximate surface area is 199 Å². The normalized spacial score (nSPS) is 15.5. The van der Waals surface area contributed by atoms with Gasteiger partial charge in [-0.15, -0.1) is 0 Å². The van der Waals surface area contributed by atoms with E-state index in [0.29, 0.717) is 29.6 Å². The predicted octanol–water partition coefficient (Wildman–Crippen LogP) is 3.50. The van der Waals surface area contributed by atoms with E-state index in [1.165, 1.54) is 12.1 Å². The molecule has 0 saturated heterocycles. The second-order valence-corrected chi connectivity index (χ2v) is 8.43. The third-order valence-corrected chi connectivity index (χ3v) is 5.88. The van der Waals surface area contributed by atoms with Crippen LogP contribution in [-0.4, -0.2) is 51.1 Å². The molecule has 0 aromatic carbocycles. The number of rotatable bonds is 6. The van der Waals surface area contributed by atoms with Crippen LogP contribution in [0.15, 0.2) is 42.9 Å². The topological polar surface area (TPSA) is 107 Å². The fourth-order valence-electron chi connectivity index (χ4n) is 4.03. The smallest absolute Gasteiger partial charge is 0.290 e. The van der Waals surface area contributed by atoms with Gasteiger partial charge in [-0.3, -0.25) is 9.48 Å². The number of carbonyl (C=O) groups is 1. The van der Waals surface area contributed by atoms with Gasteiger partial charge in [0.05, 0.1) is 24.1 Å². The number of fused-ring (bicyclic) bond motifs is 1.